The number of piperidine rings is 1. The molecule has 2 aliphatic heterocycles. The molecule has 21 heavy (non-hydrogen) atoms. The summed E-state index contributed by atoms with van der Waals surface area (Å²) in [4.78, 5) is 9.55. The van der Waals surface area contributed by atoms with E-state index in [0.29, 0.717) is 0 Å². The van der Waals surface area contributed by atoms with E-state index in [-0.39, 0.29) is 5.79 Å². The lowest BCUT2D eigenvalue weighted by Gasteiger charge is -2.38. The molecular weight excluding hydrogens is 304 g/mol. The number of ether oxygens (including phenoxy) is 2. The second-order valence-electron chi connectivity index (χ2n) is 5.53. The van der Waals surface area contributed by atoms with Gasteiger partial charge in [0.25, 0.3) is 0 Å². The third-order valence-corrected chi connectivity index (χ3v) is 6.00. The molecule has 4 rings (SSSR count). The van der Waals surface area contributed by atoms with Crippen molar-refractivity contribution >= 4 is 22.7 Å². The second-order valence-corrected chi connectivity index (χ2v) is 7.59. The normalized spacial score (nSPS) is 22.1. The zero-order valence-corrected chi connectivity index (χ0v) is 13.4. The van der Waals surface area contributed by atoms with Crippen molar-refractivity contribution in [2.45, 2.75) is 25.2 Å². The molecule has 6 heteroatoms. The largest absolute Gasteiger partial charge is 0.346 e. The van der Waals surface area contributed by atoms with Gasteiger partial charge in [-0.2, -0.15) is 0 Å². The molecular formula is C15H18N2O2S2. The first-order valence-electron chi connectivity index (χ1n) is 7.32. The minimum Gasteiger partial charge on any atom is -0.346 e. The van der Waals surface area contributed by atoms with Gasteiger partial charge in [-0.1, -0.05) is 6.07 Å². The Hall–Kier alpha value is -0.790. The maximum atomic E-state index is 5.84. The van der Waals surface area contributed by atoms with Crippen LogP contribution < -0.4 is 0 Å². The molecule has 2 aromatic heterocycles. The minimum atomic E-state index is -0.334. The van der Waals surface area contributed by atoms with E-state index >= 15 is 0 Å². The van der Waals surface area contributed by atoms with Crippen LogP contribution in [0.1, 0.15) is 17.7 Å². The van der Waals surface area contributed by atoms with E-state index in [1.165, 1.54) is 9.75 Å². The SMILES string of the molecule is c1csc(-c2ncc(CN3CCCC4(C3)OCCO4)s2)c1. The first kappa shape index (κ1) is 13.8. The van der Waals surface area contributed by atoms with Gasteiger partial charge in [0.1, 0.15) is 5.01 Å². The van der Waals surface area contributed by atoms with Crippen molar-refractivity contribution in [3.05, 3.63) is 28.6 Å². The molecule has 4 nitrogen and oxygen atoms in total. The quantitative estimate of drug-likeness (QED) is 0.869. The lowest BCUT2D eigenvalue weighted by molar-refractivity contribution is -0.190. The number of thiazole rings is 1. The average molecular weight is 322 g/mol. The van der Waals surface area contributed by atoms with Crippen molar-refractivity contribution in [3.63, 3.8) is 0 Å². The van der Waals surface area contributed by atoms with E-state index in [2.05, 4.69) is 27.4 Å². The summed E-state index contributed by atoms with van der Waals surface area (Å²) in [5, 5.41) is 3.22. The lowest BCUT2D eigenvalue weighted by atomic mass is 10.0. The van der Waals surface area contributed by atoms with E-state index in [1.807, 2.05) is 6.20 Å². The lowest BCUT2D eigenvalue weighted by Crippen LogP contribution is -2.48. The molecule has 2 saturated heterocycles. The standard InChI is InChI=1S/C15H18N2O2S2/c1-3-13(20-8-1)14-16-9-12(21-14)10-17-5-2-4-15(11-17)18-6-7-19-15/h1,3,8-9H,2,4-7,10-11H2. The van der Waals surface area contributed by atoms with Crippen LogP contribution in [0.25, 0.3) is 9.88 Å². The number of hydrogen-bond acceptors (Lipinski definition) is 6. The van der Waals surface area contributed by atoms with Crippen LogP contribution in [0.3, 0.4) is 0 Å². The Morgan fingerprint density at radius 3 is 3.05 bits per heavy atom. The van der Waals surface area contributed by atoms with Crippen LogP contribution in [0.15, 0.2) is 23.7 Å². The van der Waals surface area contributed by atoms with Gasteiger partial charge >= 0.3 is 0 Å². The van der Waals surface area contributed by atoms with Crippen LogP contribution in [0, 0.1) is 0 Å². The van der Waals surface area contributed by atoms with E-state index < -0.39 is 0 Å². The van der Waals surface area contributed by atoms with Crippen molar-refractivity contribution < 1.29 is 9.47 Å². The molecule has 2 aromatic rings. The molecule has 2 fully saturated rings. The maximum absolute atomic E-state index is 5.84. The molecule has 0 radical (unpaired) electrons. The van der Waals surface area contributed by atoms with Crippen LogP contribution >= 0.6 is 22.7 Å². The van der Waals surface area contributed by atoms with E-state index in [4.69, 9.17) is 9.47 Å². The summed E-state index contributed by atoms with van der Waals surface area (Å²) in [5.41, 5.74) is 0. The number of aromatic nitrogens is 1. The van der Waals surface area contributed by atoms with Gasteiger partial charge in [-0.15, -0.1) is 22.7 Å². The Labute approximate surface area is 132 Å². The van der Waals surface area contributed by atoms with Crippen LogP contribution in [-0.2, 0) is 16.0 Å². The predicted octanol–water partition coefficient (Wildman–Crippen LogP) is 3.21. The third-order valence-electron chi connectivity index (χ3n) is 3.98. The highest BCUT2D eigenvalue weighted by Gasteiger charge is 2.40. The number of rotatable bonds is 3. The Morgan fingerprint density at radius 1 is 1.33 bits per heavy atom. The summed E-state index contributed by atoms with van der Waals surface area (Å²) >= 11 is 3.54. The summed E-state index contributed by atoms with van der Waals surface area (Å²) in [6.45, 7) is 4.39. The molecule has 0 saturated carbocycles. The van der Waals surface area contributed by atoms with E-state index in [1.54, 1.807) is 22.7 Å². The highest BCUT2D eigenvalue weighted by Crippen LogP contribution is 2.33. The summed E-state index contributed by atoms with van der Waals surface area (Å²) < 4.78 is 11.7. The van der Waals surface area contributed by atoms with Gasteiger partial charge in [-0.05, 0) is 24.4 Å². The molecule has 2 aliphatic rings. The molecule has 0 aliphatic carbocycles. The molecule has 0 N–H and O–H groups in total. The Morgan fingerprint density at radius 2 is 2.24 bits per heavy atom. The van der Waals surface area contributed by atoms with Crippen LogP contribution in [-0.4, -0.2) is 42.0 Å². The second kappa shape index (κ2) is 5.78. The number of nitrogens with zero attached hydrogens (tertiary/aromatic N) is 2. The third kappa shape index (κ3) is 2.91. The number of hydrogen-bond donors (Lipinski definition) is 0. The highest BCUT2D eigenvalue weighted by atomic mass is 32.1. The van der Waals surface area contributed by atoms with Gasteiger partial charge in [0.2, 0.25) is 0 Å². The van der Waals surface area contributed by atoms with Gasteiger partial charge in [-0.25, -0.2) is 4.98 Å². The molecule has 1 spiro atoms. The topological polar surface area (TPSA) is 34.6 Å². The first-order chi connectivity index (χ1) is 10.3. The molecule has 0 atom stereocenters. The molecule has 0 bridgehead atoms. The highest BCUT2D eigenvalue weighted by molar-refractivity contribution is 7.20. The zero-order valence-electron chi connectivity index (χ0n) is 11.8. The van der Waals surface area contributed by atoms with Gasteiger partial charge < -0.3 is 9.47 Å². The number of likely N-dealkylation sites (tertiary alicyclic amines) is 1. The maximum Gasteiger partial charge on any atom is 0.181 e. The Balaban J connectivity index is 1.44. The van der Waals surface area contributed by atoms with Gasteiger partial charge in [0, 0.05) is 24.0 Å². The van der Waals surface area contributed by atoms with Crippen molar-refractivity contribution in [2.75, 3.05) is 26.3 Å². The molecule has 0 amide bonds. The van der Waals surface area contributed by atoms with Crippen molar-refractivity contribution in [1.82, 2.24) is 9.88 Å². The summed E-state index contributed by atoms with van der Waals surface area (Å²) in [5.74, 6) is -0.334. The fraction of sp³-hybridized carbons (Fsp3) is 0.533. The van der Waals surface area contributed by atoms with E-state index in [0.717, 1.165) is 50.7 Å². The van der Waals surface area contributed by atoms with Gasteiger partial charge in [0.05, 0.1) is 24.6 Å². The van der Waals surface area contributed by atoms with Gasteiger partial charge in [0.15, 0.2) is 5.79 Å². The van der Waals surface area contributed by atoms with Crippen LogP contribution in [0.5, 0.6) is 0 Å². The monoisotopic (exact) mass is 322 g/mol. The predicted molar refractivity (Wildman–Crippen MR) is 84.6 cm³/mol. The fourth-order valence-corrected chi connectivity index (χ4v) is 4.81. The molecule has 0 unspecified atom stereocenters. The fourth-order valence-electron chi connectivity index (χ4n) is 3.05. The van der Waals surface area contributed by atoms with Gasteiger partial charge in [-0.3, -0.25) is 4.90 Å². The first-order valence-corrected chi connectivity index (χ1v) is 9.01. The van der Waals surface area contributed by atoms with Crippen molar-refractivity contribution in [2.24, 2.45) is 0 Å². The van der Waals surface area contributed by atoms with Crippen molar-refractivity contribution in [1.29, 1.82) is 0 Å². The number of thiophene rings is 1. The van der Waals surface area contributed by atoms with E-state index in [9.17, 15) is 0 Å². The van der Waals surface area contributed by atoms with Crippen LogP contribution in [0.2, 0.25) is 0 Å². The average Bonchev–Trinajstić information content (AvgIpc) is 3.20. The Bertz CT molecular complexity index is 591. The van der Waals surface area contributed by atoms with Crippen LogP contribution in [0.4, 0.5) is 0 Å². The zero-order chi connectivity index (χ0) is 14.1. The summed E-state index contributed by atoms with van der Waals surface area (Å²) in [6, 6.07) is 4.20. The summed E-state index contributed by atoms with van der Waals surface area (Å²) in [6.07, 6.45) is 4.17. The molecule has 4 heterocycles. The van der Waals surface area contributed by atoms with Crippen molar-refractivity contribution in [3.8, 4) is 9.88 Å². The minimum absolute atomic E-state index is 0.334. The molecule has 112 valence electrons. The smallest absolute Gasteiger partial charge is 0.181 e. The molecule has 0 aromatic carbocycles. The Kier molecular flexibility index (Phi) is 3.81. The summed E-state index contributed by atoms with van der Waals surface area (Å²) in [7, 11) is 0.